The molecule has 5 amide bonds. The second kappa shape index (κ2) is 4.05. The summed E-state index contributed by atoms with van der Waals surface area (Å²) in [6.07, 6.45) is 0.534. The van der Waals surface area contributed by atoms with Gasteiger partial charge in [0.1, 0.15) is 0 Å². The fourth-order valence-corrected chi connectivity index (χ4v) is 1.04. The Morgan fingerprint density at radius 1 is 1.64 bits per heavy atom. The predicted octanol–water partition coefficient (Wildman–Crippen LogP) is -0.241. The summed E-state index contributed by atoms with van der Waals surface area (Å²) < 4.78 is 0. The Balaban J connectivity index is 2.68. The normalized spacial score (nSPS) is 15.7. The average Bonchev–Trinajstić information content (AvgIpc) is 2.46. The fraction of sp³-hybridized carbons (Fsp3) is 0.571. The molecule has 0 aromatic rings. The van der Waals surface area contributed by atoms with E-state index in [0.717, 1.165) is 0 Å². The Morgan fingerprint density at radius 2 is 2.29 bits per heavy atom. The van der Waals surface area contributed by atoms with Crippen molar-refractivity contribution in [3.05, 3.63) is 0 Å². The highest BCUT2D eigenvalue weighted by atomic mass is 16.5. The first-order valence-corrected chi connectivity index (χ1v) is 4.19. The fourth-order valence-electron chi connectivity index (χ4n) is 1.04. The van der Waals surface area contributed by atoms with Crippen molar-refractivity contribution < 1.29 is 19.6 Å². The molecule has 0 bridgehead atoms. The van der Waals surface area contributed by atoms with Gasteiger partial charge in [0.25, 0.3) is 5.91 Å². The van der Waals surface area contributed by atoms with E-state index in [9.17, 15) is 14.4 Å². The monoisotopic (exact) mass is 201 g/mol. The van der Waals surface area contributed by atoms with Crippen molar-refractivity contribution in [1.82, 2.24) is 15.3 Å². The van der Waals surface area contributed by atoms with E-state index in [1.165, 1.54) is 0 Å². The van der Waals surface area contributed by atoms with Crippen LogP contribution < -0.4 is 5.32 Å². The van der Waals surface area contributed by atoms with E-state index >= 15 is 0 Å². The maximum Gasteiger partial charge on any atom is 0.358 e. The minimum absolute atomic E-state index is 0.0793. The molecule has 78 valence electrons. The molecule has 0 aromatic heterocycles. The molecule has 1 heterocycles. The Labute approximate surface area is 80.2 Å². The number of rotatable bonds is 2. The van der Waals surface area contributed by atoms with E-state index in [-0.39, 0.29) is 13.1 Å². The van der Waals surface area contributed by atoms with Crippen LogP contribution in [-0.4, -0.2) is 46.2 Å². The predicted molar refractivity (Wildman–Crippen MR) is 44.4 cm³/mol. The molecule has 0 radical (unpaired) electrons. The van der Waals surface area contributed by atoms with Crippen molar-refractivity contribution in [2.75, 3.05) is 13.1 Å². The second-order valence-corrected chi connectivity index (χ2v) is 2.79. The Bertz CT molecular complexity index is 262. The number of hydrogen-bond acceptors (Lipinski definition) is 4. The standard InChI is InChI=1S/C7H11N3O4/c1-2-3-9(14)7(13)10-5(11)4-8-6(10)12/h14H,2-4H2,1H3,(H,8,12). The third-order valence-electron chi connectivity index (χ3n) is 1.69. The van der Waals surface area contributed by atoms with E-state index in [1.54, 1.807) is 6.92 Å². The Morgan fingerprint density at radius 3 is 2.71 bits per heavy atom. The maximum absolute atomic E-state index is 11.3. The zero-order valence-electron chi connectivity index (χ0n) is 7.69. The van der Waals surface area contributed by atoms with Crippen LogP contribution in [0.25, 0.3) is 0 Å². The molecule has 14 heavy (non-hydrogen) atoms. The van der Waals surface area contributed by atoms with Gasteiger partial charge in [-0.05, 0) is 6.42 Å². The average molecular weight is 201 g/mol. The molecule has 1 fully saturated rings. The summed E-state index contributed by atoms with van der Waals surface area (Å²) >= 11 is 0. The van der Waals surface area contributed by atoms with Crippen molar-refractivity contribution in [1.29, 1.82) is 0 Å². The van der Waals surface area contributed by atoms with Gasteiger partial charge >= 0.3 is 12.1 Å². The molecule has 2 N–H and O–H groups in total. The molecule has 0 saturated carbocycles. The largest absolute Gasteiger partial charge is 0.358 e. The number of nitrogens with one attached hydrogen (secondary N) is 1. The van der Waals surface area contributed by atoms with Gasteiger partial charge in [-0.2, -0.15) is 4.90 Å². The third kappa shape index (κ3) is 1.82. The highest BCUT2D eigenvalue weighted by Gasteiger charge is 2.36. The van der Waals surface area contributed by atoms with Gasteiger partial charge in [-0.1, -0.05) is 6.92 Å². The van der Waals surface area contributed by atoms with Gasteiger partial charge in [-0.3, -0.25) is 10.0 Å². The van der Waals surface area contributed by atoms with E-state index in [1.807, 2.05) is 0 Å². The molecule has 1 aliphatic rings. The molecule has 7 nitrogen and oxygen atoms in total. The van der Waals surface area contributed by atoms with Gasteiger partial charge in [-0.25, -0.2) is 14.7 Å². The molecular weight excluding hydrogens is 190 g/mol. The number of carbonyl (C=O) groups is 3. The van der Waals surface area contributed by atoms with Crippen LogP contribution in [-0.2, 0) is 4.79 Å². The van der Waals surface area contributed by atoms with Crippen molar-refractivity contribution >= 4 is 18.0 Å². The molecule has 0 aliphatic carbocycles. The number of nitrogens with zero attached hydrogens (tertiary/aromatic N) is 2. The van der Waals surface area contributed by atoms with Gasteiger partial charge in [0.05, 0.1) is 6.54 Å². The van der Waals surface area contributed by atoms with Crippen LogP contribution in [0.2, 0.25) is 0 Å². The van der Waals surface area contributed by atoms with Crippen molar-refractivity contribution in [2.45, 2.75) is 13.3 Å². The molecule has 1 saturated heterocycles. The quantitative estimate of drug-likeness (QED) is 0.366. The van der Waals surface area contributed by atoms with Crippen molar-refractivity contribution in [3.63, 3.8) is 0 Å². The SMILES string of the molecule is CCCN(O)C(=O)N1C(=O)CNC1=O. The Kier molecular flexibility index (Phi) is 3.03. The van der Waals surface area contributed by atoms with Gasteiger partial charge < -0.3 is 5.32 Å². The van der Waals surface area contributed by atoms with E-state index in [2.05, 4.69) is 5.32 Å². The van der Waals surface area contributed by atoms with Crippen molar-refractivity contribution in [3.8, 4) is 0 Å². The van der Waals surface area contributed by atoms with Gasteiger partial charge in [0.2, 0.25) is 0 Å². The van der Waals surface area contributed by atoms with E-state index in [0.29, 0.717) is 16.4 Å². The van der Waals surface area contributed by atoms with Crippen molar-refractivity contribution in [2.24, 2.45) is 0 Å². The highest BCUT2D eigenvalue weighted by molar-refractivity contribution is 6.14. The molecule has 1 rings (SSSR count). The zero-order valence-corrected chi connectivity index (χ0v) is 7.69. The van der Waals surface area contributed by atoms with Gasteiger partial charge in [-0.15, -0.1) is 0 Å². The number of hydrogen-bond donors (Lipinski definition) is 2. The second-order valence-electron chi connectivity index (χ2n) is 2.79. The van der Waals surface area contributed by atoms with Gasteiger partial charge in [0, 0.05) is 6.54 Å². The third-order valence-corrected chi connectivity index (χ3v) is 1.69. The number of carbonyl (C=O) groups excluding carboxylic acids is 3. The number of imide groups is 3. The van der Waals surface area contributed by atoms with Crippen LogP contribution in [0.15, 0.2) is 0 Å². The molecular formula is C7H11N3O4. The lowest BCUT2D eigenvalue weighted by Gasteiger charge is -2.18. The topological polar surface area (TPSA) is 89.9 Å². The van der Waals surface area contributed by atoms with Crippen LogP contribution >= 0.6 is 0 Å². The number of urea groups is 2. The minimum atomic E-state index is -1.01. The smallest absolute Gasteiger partial charge is 0.328 e. The zero-order chi connectivity index (χ0) is 10.7. The summed E-state index contributed by atoms with van der Waals surface area (Å²) in [6, 6.07) is -1.80. The summed E-state index contributed by atoms with van der Waals surface area (Å²) in [5.41, 5.74) is 0. The highest BCUT2D eigenvalue weighted by Crippen LogP contribution is 2.03. The number of amides is 5. The molecule has 0 spiro atoms. The lowest BCUT2D eigenvalue weighted by atomic mass is 10.5. The van der Waals surface area contributed by atoms with E-state index < -0.39 is 18.0 Å². The van der Waals surface area contributed by atoms with E-state index in [4.69, 9.17) is 5.21 Å². The van der Waals surface area contributed by atoms with Crippen LogP contribution in [0.4, 0.5) is 9.59 Å². The number of hydroxylamine groups is 2. The summed E-state index contributed by atoms with van der Waals surface area (Å²) in [4.78, 5) is 33.6. The van der Waals surface area contributed by atoms with Crippen LogP contribution in [0, 0.1) is 0 Å². The van der Waals surface area contributed by atoms with Gasteiger partial charge in [0.15, 0.2) is 0 Å². The molecule has 0 atom stereocenters. The summed E-state index contributed by atoms with van der Waals surface area (Å²) in [5, 5.41) is 11.6. The van der Waals surface area contributed by atoms with Crippen LogP contribution in [0.3, 0.4) is 0 Å². The summed E-state index contributed by atoms with van der Waals surface area (Å²) in [6.45, 7) is 1.63. The van der Waals surface area contributed by atoms with Crippen LogP contribution in [0.1, 0.15) is 13.3 Å². The summed E-state index contributed by atoms with van der Waals surface area (Å²) in [7, 11) is 0. The first-order valence-electron chi connectivity index (χ1n) is 4.19. The first-order chi connectivity index (χ1) is 6.57. The molecule has 0 unspecified atom stereocenters. The molecule has 0 aromatic carbocycles. The minimum Gasteiger partial charge on any atom is -0.328 e. The first kappa shape index (κ1) is 10.5. The molecule has 7 heteroatoms. The van der Waals surface area contributed by atoms with Crippen LogP contribution in [0.5, 0.6) is 0 Å². The Hall–Kier alpha value is -1.63. The lowest BCUT2D eigenvalue weighted by Crippen LogP contribution is -2.45. The maximum atomic E-state index is 11.3. The lowest BCUT2D eigenvalue weighted by molar-refractivity contribution is -0.125. The summed E-state index contributed by atoms with van der Waals surface area (Å²) in [5.74, 6) is -0.657. The molecule has 1 aliphatic heterocycles.